The third-order valence-electron chi connectivity index (χ3n) is 1.25. The van der Waals surface area contributed by atoms with Crippen molar-refractivity contribution < 1.29 is 5.11 Å². The van der Waals surface area contributed by atoms with Crippen LogP contribution >= 0.6 is 23.4 Å². The molecule has 1 nitrogen and oxygen atoms in total. The molecule has 0 aliphatic heterocycles. The zero-order valence-electron chi connectivity index (χ0n) is 7.12. The van der Waals surface area contributed by atoms with E-state index in [0.29, 0.717) is 5.02 Å². The standard InChI is InChI=1S/C10H9ClOS/c1-8(12)6-7-13-10-4-2-9(11)3-5-10/h2-5,8,12H,1H3. The first kappa shape index (κ1) is 10.5. The zero-order valence-corrected chi connectivity index (χ0v) is 8.69. The lowest BCUT2D eigenvalue weighted by Crippen LogP contribution is -1.91. The molecule has 0 radical (unpaired) electrons. The van der Waals surface area contributed by atoms with Crippen molar-refractivity contribution in [2.45, 2.75) is 17.9 Å². The summed E-state index contributed by atoms with van der Waals surface area (Å²) in [5.41, 5.74) is 0. The van der Waals surface area contributed by atoms with Gasteiger partial charge < -0.3 is 5.11 Å². The van der Waals surface area contributed by atoms with E-state index >= 15 is 0 Å². The molecule has 0 fully saturated rings. The summed E-state index contributed by atoms with van der Waals surface area (Å²) in [6.07, 6.45) is -0.570. The lowest BCUT2D eigenvalue weighted by Gasteiger charge is -1.93. The van der Waals surface area contributed by atoms with Crippen LogP contribution in [0, 0.1) is 11.2 Å². The highest BCUT2D eigenvalue weighted by molar-refractivity contribution is 8.03. The molecule has 1 rings (SSSR count). The van der Waals surface area contributed by atoms with Crippen molar-refractivity contribution in [1.29, 1.82) is 0 Å². The summed E-state index contributed by atoms with van der Waals surface area (Å²) in [5.74, 6) is 2.64. The van der Waals surface area contributed by atoms with Gasteiger partial charge in [0.2, 0.25) is 0 Å². The first-order chi connectivity index (χ1) is 6.18. The van der Waals surface area contributed by atoms with E-state index in [4.69, 9.17) is 16.7 Å². The number of halogens is 1. The largest absolute Gasteiger partial charge is 0.381 e. The number of benzene rings is 1. The van der Waals surface area contributed by atoms with E-state index in [1.54, 1.807) is 6.92 Å². The monoisotopic (exact) mass is 212 g/mol. The Labute approximate surface area is 87.1 Å². The van der Waals surface area contributed by atoms with E-state index in [2.05, 4.69) is 11.2 Å². The maximum atomic E-state index is 8.87. The van der Waals surface area contributed by atoms with Gasteiger partial charge in [0.15, 0.2) is 0 Å². The summed E-state index contributed by atoms with van der Waals surface area (Å²) < 4.78 is 0. The molecule has 1 N–H and O–H groups in total. The number of hydrogen-bond donors (Lipinski definition) is 1. The van der Waals surface area contributed by atoms with Gasteiger partial charge in [-0.3, -0.25) is 0 Å². The molecule has 0 amide bonds. The molecule has 0 saturated carbocycles. The zero-order chi connectivity index (χ0) is 9.68. The van der Waals surface area contributed by atoms with Crippen LogP contribution in [0.3, 0.4) is 0 Å². The average molecular weight is 213 g/mol. The lowest BCUT2D eigenvalue weighted by atomic mass is 10.4. The number of rotatable bonds is 1. The summed E-state index contributed by atoms with van der Waals surface area (Å²) in [4.78, 5) is 1.03. The smallest absolute Gasteiger partial charge is 0.112 e. The molecule has 68 valence electrons. The number of aliphatic hydroxyl groups excluding tert-OH is 1. The quantitative estimate of drug-likeness (QED) is 0.571. The third-order valence-corrected chi connectivity index (χ3v) is 2.23. The van der Waals surface area contributed by atoms with Crippen molar-refractivity contribution in [3.05, 3.63) is 29.3 Å². The van der Waals surface area contributed by atoms with Crippen LogP contribution in [-0.2, 0) is 0 Å². The molecule has 0 aromatic heterocycles. The summed E-state index contributed by atoms with van der Waals surface area (Å²) in [6.45, 7) is 1.63. The second-order valence-corrected chi connectivity index (χ2v) is 3.79. The first-order valence-corrected chi connectivity index (χ1v) is 4.99. The third kappa shape index (κ3) is 4.23. The topological polar surface area (TPSA) is 20.2 Å². The molecule has 0 saturated heterocycles. The Balaban J connectivity index is 2.57. The summed E-state index contributed by atoms with van der Waals surface area (Å²) >= 11 is 7.09. The van der Waals surface area contributed by atoms with Crippen molar-refractivity contribution >= 4 is 23.4 Å². The fraction of sp³-hybridized carbons (Fsp3) is 0.200. The minimum absolute atomic E-state index is 0.570. The second-order valence-electron chi connectivity index (χ2n) is 2.48. The molecule has 0 aliphatic carbocycles. The van der Waals surface area contributed by atoms with Crippen LogP contribution in [0.2, 0.25) is 5.02 Å². The molecular weight excluding hydrogens is 204 g/mol. The SMILES string of the molecule is CC(O)C#CSc1ccc(Cl)cc1. The van der Waals surface area contributed by atoms with Crippen molar-refractivity contribution in [2.24, 2.45) is 0 Å². The fourth-order valence-corrected chi connectivity index (χ4v) is 1.42. The predicted octanol–water partition coefficient (Wildman–Crippen LogP) is 2.77. The Hall–Kier alpha value is -0.620. The molecule has 1 aromatic carbocycles. The van der Waals surface area contributed by atoms with Gasteiger partial charge in [0.25, 0.3) is 0 Å². The molecule has 1 aromatic rings. The van der Waals surface area contributed by atoms with Gasteiger partial charge in [0.1, 0.15) is 6.10 Å². The van der Waals surface area contributed by atoms with Crippen LogP contribution < -0.4 is 0 Å². The van der Waals surface area contributed by atoms with Crippen LogP contribution in [0.1, 0.15) is 6.92 Å². The maximum Gasteiger partial charge on any atom is 0.112 e. The van der Waals surface area contributed by atoms with Crippen LogP contribution in [-0.4, -0.2) is 11.2 Å². The van der Waals surface area contributed by atoms with Gasteiger partial charge in [-0.1, -0.05) is 17.5 Å². The fourth-order valence-electron chi connectivity index (χ4n) is 0.676. The van der Waals surface area contributed by atoms with E-state index in [1.807, 2.05) is 24.3 Å². The molecule has 1 unspecified atom stereocenters. The van der Waals surface area contributed by atoms with Gasteiger partial charge in [-0.25, -0.2) is 0 Å². The molecule has 3 heteroatoms. The van der Waals surface area contributed by atoms with Gasteiger partial charge in [0, 0.05) is 9.92 Å². The van der Waals surface area contributed by atoms with Crippen molar-refractivity contribution in [3.8, 4) is 11.2 Å². The summed E-state index contributed by atoms with van der Waals surface area (Å²) in [6, 6.07) is 7.41. The average Bonchev–Trinajstić information content (AvgIpc) is 2.08. The van der Waals surface area contributed by atoms with E-state index in [-0.39, 0.29) is 0 Å². The Morgan fingerprint density at radius 1 is 1.38 bits per heavy atom. The van der Waals surface area contributed by atoms with E-state index in [9.17, 15) is 0 Å². The van der Waals surface area contributed by atoms with E-state index in [0.717, 1.165) is 4.90 Å². The van der Waals surface area contributed by atoms with Gasteiger partial charge >= 0.3 is 0 Å². The summed E-state index contributed by atoms with van der Waals surface area (Å²) in [7, 11) is 0. The number of aliphatic hydroxyl groups is 1. The van der Waals surface area contributed by atoms with Crippen molar-refractivity contribution in [1.82, 2.24) is 0 Å². The van der Waals surface area contributed by atoms with Crippen LogP contribution in [0.5, 0.6) is 0 Å². The highest BCUT2D eigenvalue weighted by Gasteiger charge is 1.90. The molecular formula is C10H9ClOS. The highest BCUT2D eigenvalue weighted by Crippen LogP contribution is 2.18. The van der Waals surface area contributed by atoms with Crippen molar-refractivity contribution in [2.75, 3.05) is 0 Å². The molecule has 0 aliphatic rings. The Bertz CT molecular complexity index is 321. The second kappa shape index (κ2) is 5.18. The van der Waals surface area contributed by atoms with Gasteiger partial charge in [0.05, 0.1) is 0 Å². The Morgan fingerprint density at radius 2 is 2.00 bits per heavy atom. The molecule has 13 heavy (non-hydrogen) atoms. The van der Waals surface area contributed by atoms with Gasteiger partial charge in [-0.15, -0.1) is 0 Å². The van der Waals surface area contributed by atoms with Crippen LogP contribution in [0.25, 0.3) is 0 Å². The normalized spacial score (nSPS) is 11.6. The van der Waals surface area contributed by atoms with E-state index < -0.39 is 6.10 Å². The van der Waals surface area contributed by atoms with E-state index in [1.165, 1.54) is 11.8 Å². The Kier molecular flexibility index (Phi) is 4.17. The molecule has 1 atom stereocenters. The minimum Gasteiger partial charge on any atom is -0.381 e. The molecule has 0 bridgehead atoms. The molecule has 0 heterocycles. The Morgan fingerprint density at radius 3 is 2.54 bits per heavy atom. The maximum absolute atomic E-state index is 8.87. The summed E-state index contributed by atoms with van der Waals surface area (Å²) in [5, 5.41) is 12.4. The minimum atomic E-state index is -0.570. The van der Waals surface area contributed by atoms with Gasteiger partial charge in [-0.2, -0.15) is 0 Å². The number of hydrogen-bond acceptors (Lipinski definition) is 2. The van der Waals surface area contributed by atoms with Crippen molar-refractivity contribution in [3.63, 3.8) is 0 Å². The number of thioether (sulfide) groups is 1. The first-order valence-electron chi connectivity index (χ1n) is 3.79. The highest BCUT2D eigenvalue weighted by atomic mass is 35.5. The van der Waals surface area contributed by atoms with Gasteiger partial charge in [-0.05, 0) is 48.2 Å². The predicted molar refractivity (Wildman–Crippen MR) is 56.8 cm³/mol. The van der Waals surface area contributed by atoms with Crippen LogP contribution in [0.4, 0.5) is 0 Å². The molecule has 0 spiro atoms. The lowest BCUT2D eigenvalue weighted by molar-refractivity contribution is 0.253. The van der Waals surface area contributed by atoms with Crippen LogP contribution in [0.15, 0.2) is 29.2 Å².